The molecule has 3 aromatic heterocycles. The van der Waals surface area contributed by atoms with E-state index in [-0.39, 0.29) is 17.8 Å². The molecule has 2 atom stereocenters. The summed E-state index contributed by atoms with van der Waals surface area (Å²) in [5, 5.41) is 14.9. The number of carbonyl (C=O) groups excluding carboxylic acids is 1. The van der Waals surface area contributed by atoms with Crippen LogP contribution in [0.2, 0.25) is 0 Å². The van der Waals surface area contributed by atoms with Gasteiger partial charge in [0.25, 0.3) is 5.91 Å². The number of anilines is 3. The fourth-order valence-electron chi connectivity index (χ4n) is 3.71. The molecule has 1 saturated carbocycles. The first kappa shape index (κ1) is 19.8. The summed E-state index contributed by atoms with van der Waals surface area (Å²) in [6.45, 7) is 1.87. The Morgan fingerprint density at radius 1 is 1.17 bits per heavy atom. The van der Waals surface area contributed by atoms with Crippen molar-refractivity contribution in [2.24, 2.45) is 11.5 Å². The topological polar surface area (TPSA) is 150 Å². The number of nitrogens with one attached hydrogen (secondary N) is 2. The van der Waals surface area contributed by atoms with Gasteiger partial charge in [0.2, 0.25) is 0 Å². The lowest BCUT2D eigenvalue weighted by Crippen LogP contribution is -2.42. The molecule has 1 aliphatic carbocycles. The molecule has 0 radical (unpaired) electrons. The third-order valence-corrected chi connectivity index (χ3v) is 5.14. The van der Waals surface area contributed by atoms with Gasteiger partial charge in [-0.1, -0.05) is 12.8 Å². The van der Waals surface area contributed by atoms with Gasteiger partial charge >= 0.3 is 0 Å². The van der Waals surface area contributed by atoms with E-state index in [2.05, 4.69) is 30.8 Å². The molecule has 1 amide bonds. The van der Waals surface area contributed by atoms with Gasteiger partial charge in [-0.25, -0.2) is 9.97 Å². The van der Waals surface area contributed by atoms with Crippen molar-refractivity contribution in [3.63, 3.8) is 0 Å². The summed E-state index contributed by atoms with van der Waals surface area (Å²) < 4.78 is 0. The molecule has 1 fully saturated rings. The molecular formula is C20H25N9O. The Balaban J connectivity index is 1.63. The molecule has 10 heteroatoms. The number of nitrogens with zero attached hydrogens (tertiary/aromatic N) is 5. The van der Waals surface area contributed by atoms with E-state index >= 15 is 0 Å². The number of nitrogens with two attached hydrogens (primary N) is 2. The number of hydrogen-bond acceptors (Lipinski definition) is 8. The van der Waals surface area contributed by atoms with E-state index in [4.69, 9.17) is 11.5 Å². The Morgan fingerprint density at radius 2 is 1.93 bits per heavy atom. The minimum absolute atomic E-state index is 0.0912. The summed E-state index contributed by atoms with van der Waals surface area (Å²) >= 11 is 0. The second-order valence-electron chi connectivity index (χ2n) is 7.48. The van der Waals surface area contributed by atoms with Crippen molar-refractivity contribution in [2.75, 3.05) is 10.6 Å². The van der Waals surface area contributed by atoms with Gasteiger partial charge in [0, 0.05) is 23.8 Å². The predicted octanol–water partition coefficient (Wildman–Crippen LogP) is 1.89. The average molecular weight is 407 g/mol. The minimum Gasteiger partial charge on any atom is -0.379 e. The van der Waals surface area contributed by atoms with Gasteiger partial charge in [0.15, 0.2) is 5.69 Å². The van der Waals surface area contributed by atoms with Crippen LogP contribution in [0.3, 0.4) is 0 Å². The lowest BCUT2D eigenvalue weighted by molar-refractivity contribution is 0.0996. The molecule has 1 aliphatic rings. The van der Waals surface area contributed by atoms with E-state index in [0.717, 1.165) is 42.8 Å². The standard InChI is InChI=1S/C20H25N9O/c1-12-8-14(29-24-6-7-25-29)10-18(26-12)28-17-9-13(11-23-19(17)20(22)30)27-16-5-3-2-4-15(16)21/h6-11,15-16,27H,2-5,21H2,1H3,(H2,22,30)(H,26,28)/t15-,16+/m0/s1. The number of amides is 1. The second-order valence-corrected chi connectivity index (χ2v) is 7.48. The van der Waals surface area contributed by atoms with Crippen LogP contribution in [-0.2, 0) is 0 Å². The zero-order chi connectivity index (χ0) is 21.1. The van der Waals surface area contributed by atoms with Crippen molar-refractivity contribution >= 4 is 23.1 Å². The van der Waals surface area contributed by atoms with E-state index < -0.39 is 5.91 Å². The van der Waals surface area contributed by atoms with Gasteiger partial charge in [0.1, 0.15) is 5.82 Å². The Labute approximate surface area is 174 Å². The highest BCUT2D eigenvalue weighted by Crippen LogP contribution is 2.26. The number of carbonyl (C=O) groups is 1. The molecule has 3 aromatic rings. The Bertz CT molecular complexity index is 1030. The van der Waals surface area contributed by atoms with Crippen molar-refractivity contribution < 1.29 is 4.79 Å². The molecule has 10 nitrogen and oxygen atoms in total. The maximum absolute atomic E-state index is 11.9. The highest BCUT2D eigenvalue weighted by Gasteiger charge is 2.22. The summed E-state index contributed by atoms with van der Waals surface area (Å²) in [6.07, 6.45) is 9.09. The zero-order valence-electron chi connectivity index (χ0n) is 16.7. The van der Waals surface area contributed by atoms with Crippen LogP contribution in [0.4, 0.5) is 17.2 Å². The van der Waals surface area contributed by atoms with Crippen LogP contribution in [0, 0.1) is 6.92 Å². The highest BCUT2D eigenvalue weighted by molar-refractivity contribution is 5.97. The second kappa shape index (κ2) is 8.46. The van der Waals surface area contributed by atoms with E-state index in [1.165, 1.54) is 4.80 Å². The number of aryl methyl sites for hydroxylation is 1. The predicted molar refractivity (Wildman–Crippen MR) is 114 cm³/mol. The van der Waals surface area contributed by atoms with Crippen molar-refractivity contribution in [1.29, 1.82) is 0 Å². The molecule has 6 N–H and O–H groups in total. The molecule has 0 aliphatic heterocycles. The molecule has 0 spiro atoms. The number of pyridine rings is 2. The minimum atomic E-state index is -0.625. The number of aromatic nitrogens is 5. The van der Waals surface area contributed by atoms with Crippen molar-refractivity contribution in [1.82, 2.24) is 25.0 Å². The lowest BCUT2D eigenvalue weighted by Gasteiger charge is -2.30. The molecule has 156 valence electrons. The van der Waals surface area contributed by atoms with E-state index in [1.807, 2.05) is 19.1 Å². The first-order valence-corrected chi connectivity index (χ1v) is 9.94. The maximum atomic E-state index is 11.9. The Morgan fingerprint density at radius 3 is 2.67 bits per heavy atom. The van der Waals surface area contributed by atoms with Gasteiger partial charge < -0.3 is 22.1 Å². The first-order chi connectivity index (χ1) is 14.5. The van der Waals surface area contributed by atoms with Crippen LogP contribution in [0.15, 0.2) is 36.8 Å². The fraction of sp³-hybridized carbons (Fsp3) is 0.350. The lowest BCUT2D eigenvalue weighted by atomic mass is 9.91. The van der Waals surface area contributed by atoms with Crippen LogP contribution in [0.1, 0.15) is 41.9 Å². The zero-order valence-corrected chi connectivity index (χ0v) is 16.7. The summed E-state index contributed by atoms with van der Waals surface area (Å²) in [7, 11) is 0. The number of rotatable bonds is 6. The van der Waals surface area contributed by atoms with Gasteiger partial charge in [-0.05, 0) is 31.9 Å². The van der Waals surface area contributed by atoms with Crippen LogP contribution in [0.5, 0.6) is 0 Å². The normalized spacial score (nSPS) is 18.7. The third kappa shape index (κ3) is 4.38. The van der Waals surface area contributed by atoms with Crippen molar-refractivity contribution in [3.8, 4) is 5.69 Å². The molecule has 0 bridgehead atoms. The fourth-order valence-corrected chi connectivity index (χ4v) is 3.71. The van der Waals surface area contributed by atoms with E-state index in [1.54, 1.807) is 24.7 Å². The van der Waals surface area contributed by atoms with Gasteiger partial charge in [0.05, 0.1) is 35.7 Å². The summed E-state index contributed by atoms with van der Waals surface area (Å²) in [4.78, 5) is 22.2. The van der Waals surface area contributed by atoms with Crippen molar-refractivity contribution in [3.05, 3.63) is 48.2 Å². The SMILES string of the molecule is Cc1cc(-n2nccn2)cc(Nc2cc(N[C@@H]3CCCC[C@@H]3N)cnc2C(N)=O)n1. The quantitative estimate of drug-likeness (QED) is 0.484. The molecular weight excluding hydrogens is 382 g/mol. The van der Waals surface area contributed by atoms with Crippen LogP contribution >= 0.6 is 0 Å². The molecule has 4 rings (SSSR count). The van der Waals surface area contributed by atoms with E-state index in [9.17, 15) is 4.79 Å². The molecule has 30 heavy (non-hydrogen) atoms. The maximum Gasteiger partial charge on any atom is 0.269 e. The van der Waals surface area contributed by atoms with Crippen LogP contribution < -0.4 is 22.1 Å². The largest absolute Gasteiger partial charge is 0.379 e. The number of hydrogen-bond donors (Lipinski definition) is 4. The summed E-state index contributed by atoms with van der Waals surface area (Å²) in [5.41, 5.74) is 14.7. The first-order valence-electron chi connectivity index (χ1n) is 9.94. The highest BCUT2D eigenvalue weighted by atomic mass is 16.1. The molecule has 0 unspecified atom stereocenters. The Kier molecular flexibility index (Phi) is 5.57. The van der Waals surface area contributed by atoms with Gasteiger partial charge in [-0.3, -0.25) is 4.79 Å². The summed E-state index contributed by atoms with van der Waals surface area (Å²) in [5.74, 6) is -0.0989. The van der Waals surface area contributed by atoms with Crippen molar-refractivity contribution in [2.45, 2.75) is 44.7 Å². The van der Waals surface area contributed by atoms with E-state index in [0.29, 0.717) is 11.5 Å². The van der Waals surface area contributed by atoms with Crippen LogP contribution in [-0.4, -0.2) is 43.0 Å². The third-order valence-electron chi connectivity index (χ3n) is 5.14. The average Bonchev–Trinajstić information content (AvgIpc) is 3.24. The van der Waals surface area contributed by atoms with Gasteiger partial charge in [-0.2, -0.15) is 15.0 Å². The molecule has 0 aromatic carbocycles. The molecule has 3 heterocycles. The molecule has 0 saturated heterocycles. The Hall–Kier alpha value is -3.53. The number of primary amides is 1. The monoisotopic (exact) mass is 407 g/mol. The smallest absolute Gasteiger partial charge is 0.269 e. The summed E-state index contributed by atoms with van der Waals surface area (Å²) in [6, 6.07) is 5.72. The van der Waals surface area contributed by atoms with Gasteiger partial charge in [-0.15, -0.1) is 0 Å². The van der Waals surface area contributed by atoms with Crippen LogP contribution in [0.25, 0.3) is 5.69 Å².